The second-order valence-electron chi connectivity index (χ2n) is 8.46. The zero-order valence-electron chi connectivity index (χ0n) is 20.3. The standard InChI is InChI=1S/C24H42O4Si2/c1-9-29(10-2,11-3)27-23(21-17-15-19(7)25-21)24(22-18-16-20(8)26-22)28-30(12-4,13-5)14-6/h15-18,23-24H,9-14H2,1-8H3. The van der Waals surface area contributed by atoms with Crippen molar-refractivity contribution in [3.05, 3.63) is 47.3 Å². The van der Waals surface area contributed by atoms with Gasteiger partial charge in [0.1, 0.15) is 35.2 Å². The van der Waals surface area contributed by atoms with Gasteiger partial charge in [-0.3, -0.25) is 0 Å². The fourth-order valence-electron chi connectivity index (χ4n) is 4.29. The Balaban J connectivity index is 2.59. The van der Waals surface area contributed by atoms with Crippen molar-refractivity contribution < 1.29 is 17.7 Å². The van der Waals surface area contributed by atoms with E-state index in [2.05, 4.69) is 53.7 Å². The Labute approximate surface area is 185 Å². The summed E-state index contributed by atoms with van der Waals surface area (Å²) < 4.78 is 26.4. The summed E-state index contributed by atoms with van der Waals surface area (Å²) in [5.74, 6) is 3.50. The summed E-state index contributed by atoms with van der Waals surface area (Å²) in [7, 11) is -3.83. The maximum Gasteiger partial charge on any atom is 0.193 e. The lowest BCUT2D eigenvalue weighted by Gasteiger charge is -2.39. The van der Waals surface area contributed by atoms with Gasteiger partial charge in [0.15, 0.2) is 16.6 Å². The Morgan fingerprint density at radius 1 is 0.600 bits per heavy atom. The first kappa shape index (κ1) is 25.2. The van der Waals surface area contributed by atoms with Gasteiger partial charge in [0.2, 0.25) is 0 Å². The predicted molar refractivity (Wildman–Crippen MR) is 129 cm³/mol. The summed E-state index contributed by atoms with van der Waals surface area (Å²) in [5, 5.41) is 0. The molecule has 0 amide bonds. The summed E-state index contributed by atoms with van der Waals surface area (Å²) in [6.07, 6.45) is -0.570. The summed E-state index contributed by atoms with van der Waals surface area (Å²) in [4.78, 5) is 0. The van der Waals surface area contributed by atoms with E-state index in [1.165, 1.54) is 0 Å². The normalized spacial score (nSPS) is 14.8. The van der Waals surface area contributed by atoms with Gasteiger partial charge in [0.25, 0.3) is 0 Å². The largest absolute Gasteiger partial charge is 0.464 e. The lowest BCUT2D eigenvalue weighted by molar-refractivity contribution is 0.0100. The number of hydrogen-bond donors (Lipinski definition) is 0. The minimum Gasteiger partial charge on any atom is -0.464 e. The van der Waals surface area contributed by atoms with Gasteiger partial charge < -0.3 is 17.7 Å². The number of furan rings is 2. The third-order valence-corrected chi connectivity index (χ3v) is 16.2. The molecule has 30 heavy (non-hydrogen) atoms. The maximum atomic E-state index is 7.07. The summed E-state index contributed by atoms with van der Waals surface area (Å²) >= 11 is 0. The molecule has 6 heteroatoms. The minimum absolute atomic E-state index is 0.285. The third-order valence-electron chi connectivity index (χ3n) is 6.98. The molecule has 4 nitrogen and oxygen atoms in total. The van der Waals surface area contributed by atoms with Crippen LogP contribution in [-0.4, -0.2) is 16.6 Å². The Kier molecular flexibility index (Phi) is 9.21. The van der Waals surface area contributed by atoms with Gasteiger partial charge in [0.05, 0.1) is 0 Å². The van der Waals surface area contributed by atoms with Crippen LogP contribution in [0, 0.1) is 13.8 Å². The summed E-state index contributed by atoms with van der Waals surface area (Å²) in [5.41, 5.74) is 0. The number of aryl methyl sites for hydroxylation is 2. The van der Waals surface area contributed by atoms with Crippen molar-refractivity contribution in [1.82, 2.24) is 0 Å². The van der Waals surface area contributed by atoms with E-state index < -0.39 is 16.6 Å². The number of rotatable bonds is 13. The molecular weight excluding hydrogens is 408 g/mol. The SMILES string of the molecule is CC[Si](CC)(CC)OC(c1ccc(C)o1)C(O[Si](CC)(CC)CC)c1ccc(C)o1. The highest BCUT2D eigenvalue weighted by Gasteiger charge is 2.43. The topological polar surface area (TPSA) is 44.7 Å². The zero-order chi connectivity index (χ0) is 22.4. The van der Waals surface area contributed by atoms with Gasteiger partial charge >= 0.3 is 0 Å². The van der Waals surface area contributed by atoms with E-state index in [9.17, 15) is 0 Å². The molecule has 2 rings (SSSR count). The lowest BCUT2D eigenvalue weighted by atomic mass is 10.1. The Morgan fingerprint density at radius 3 is 1.10 bits per heavy atom. The molecule has 0 radical (unpaired) electrons. The molecule has 2 aromatic heterocycles. The van der Waals surface area contributed by atoms with Gasteiger partial charge in [-0.1, -0.05) is 41.5 Å². The minimum atomic E-state index is -1.92. The van der Waals surface area contributed by atoms with Crippen LogP contribution in [0.4, 0.5) is 0 Å². The Bertz CT molecular complexity index is 678. The van der Waals surface area contributed by atoms with Crippen LogP contribution in [0.1, 0.15) is 76.8 Å². The molecule has 2 heterocycles. The van der Waals surface area contributed by atoms with Gasteiger partial charge in [-0.05, 0) is 74.4 Å². The third kappa shape index (κ3) is 5.58. The van der Waals surface area contributed by atoms with Crippen molar-refractivity contribution in [2.24, 2.45) is 0 Å². The molecule has 0 aliphatic heterocycles. The second kappa shape index (κ2) is 11.0. The van der Waals surface area contributed by atoms with Crippen LogP contribution in [0.2, 0.25) is 36.3 Å². The molecule has 2 aromatic rings. The smallest absolute Gasteiger partial charge is 0.193 e. The van der Waals surface area contributed by atoms with Crippen molar-refractivity contribution in [2.45, 2.75) is 104 Å². The van der Waals surface area contributed by atoms with Crippen LogP contribution >= 0.6 is 0 Å². The van der Waals surface area contributed by atoms with Gasteiger partial charge in [-0.2, -0.15) is 0 Å². The van der Waals surface area contributed by atoms with Crippen molar-refractivity contribution in [3.8, 4) is 0 Å². The highest BCUT2D eigenvalue weighted by atomic mass is 28.4. The van der Waals surface area contributed by atoms with Crippen molar-refractivity contribution >= 4 is 16.6 Å². The van der Waals surface area contributed by atoms with Crippen LogP contribution in [0.3, 0.4) is 0 Å². The van der Waals surface area contributed by atoms with E-state index >= 15 is 0 Å². The average Bonchev–Trinajstić information content (AvgIpc) is 3.40. The molecule has 0 N–H and O–H groups in total. The Morgan fingerprint density at radius 2 is 0.900 bits per heavy atom. The van der Waals surface area contributed by atoms with Crippen LogP contribution in [0.15, 0.2) is 33.1 Å². The first-order valence-corrected chi connectivity index (χ1v) is 16.9. The highest BCUT2D eigenvalue weighted by Crippen LogP contribution is 2.44. The molecule has 2 unspecified atom stereocenters. The molecule has 0 aromatic carbocycles. The molecule has 0 spiro atoms. The molecule has 0 fully saturated rings. The van der Waals surface area contributed by atoms with Crippen LogP contribution < -0.4 is 0 Å². The van der Waals surface area contributed by atoms with Crippen LogP contribution in [-0.2, 0) is 8.85 Å². The molecule has 170 valence electrons. The Hall–Kier alpha value is -1.09. The van der Waals surface area contributed by atoms with E-state index in [0.717, 1.165) is 59.3 Å². The fraction of sp³-hybridized carbons (Fsp3) is 0.667. The molecule has 2 atom stereocenters. The molecule has 0 aliphatic rings. The molecule has 0 saturated carbocycles. The molecular formula is C24H42O4Si2. The van der Waals surface area contributed by atoms with Gasteiger partial charge in [-0.25, -0.2) is 0 Å². The van der Waals surface area contributed by atoms with E-state index in [0.29, 0.717) is 0 Å². The van der Waals surface area contributed by atoms with E-state index in [1.54, 1.807) is 0 Å². The second-order valence-corrected chi connectivity index (χ2v) is 17.9. The summed E-state index contributed by atoms with van der Waals surface area (Å²) in [6, 6.07) is 14.6. The average molecular weight is 451 g/mol. The van der Waals surface area contributed by atoms with E-state index in [-0.39, 0.29) is 12.2 Å². The van der Waals surface area contributed by atoms with Gasteiger partial charge in [-0.15, -0.1) is 0 Å². The van der Waals surface area contributed by atoms with E-state index in [1.807, 2.05) is 26.0 Å². The quantitative estimate of drug-likeness (QED) is 0.288. The van der Waals surface area contributed by atoms with Crippen molar-refractivity contribution in [2.75, 3.05) is 0 Å². The van der Waals surface area contributed by atoms with Crippen molar-refractivity contribution in [1.29, 1.82) is 0 Å². The highest BCUT2D eigenvalue weighted by molar-refractivity contribution is 6.74. The van der Waals surface area contributed by atoms with E-state index in [4.69, 9.17) is 17.7 Å². The van der Waals surface area contributed by atoms with Gasteiger partial charge in [0, 0.05) is 0 Å². The first-order chi connectivity index (χ1) is 14.3. The molecule has 0 aliphatic carbocycles. The maximum absolute atomic E-state index is 7.07. The predicted octanol–water partition coefficient (Wildman–Crippen LogP) is 8.32. The molecule has 0 saturated heterocycles. The summed E-state index contributed by atoms with van der Waals surface area (Å²) in [6.45, 7) is 17.6. The van der Waals surface area contributed by atoms with Crippen LogP contribution in [0.5, 0.6) is 0 Å². The number of hydrogen-bond acceptors (Lipinski definition) is 4. The van der Waals surface area contributed by atoms with Crippen molar-refractivity contribution in [3.63, 3.8) is 0 Å². The zero-order valence-corrected chi connectivity index (χ0v) is 22.3. The monoisotopic (exact) mass is 450 g/mol. The first-order valence-electron chi connectivity index (χ1n) is 11.8. The lowest BCUT2D eigenvalue weighted by Crippen LogP contribution is -2.42. The van der Waals surface area contributed by atoms with Crippen LogP contribution in [0.25, 0.3) is 0 Å². The fourth-order valence-corrected chi connectivity index (χ4v) is 9.85. The molecule has 0 bridgehead atoms.